The van der Waals surface area contributed by atoms with E-state index >= 15 is 0 Å². The summed E-state index contributed by atoms with van der Waals surface area (Å²) in [4.78, 5) is 17.5. The van der Waals surface area contributed by atoms with E-state index in [1.807, 2.05) is 6.92 Å². The van der Waals surface area contributed by atoms with Gasteiger partial charge in [-0.2, -0.15) is 0 Å². The smallest absolute Gasteiger partial charge is 0.269 e. The van der Waals surface area contributed by atoms with Crippen LogP contribution in [0, 0.1) is 12.8 Å². The number of carbonyl (C=O) groups excluding carboxylic acids is 1. The summed E-state index contributed by atoms with van der Waals surface area (Å²) in [5.74, 6) is 0.977. The van der Waals surface area contributed by atoms with Gasteiger partial charge in [0.25, 0.3) is 5.91 Å². The Morgan fingerprint density at radius 2 is 2.10 bits per heavy atom. The third-order valence-corrected chi connectivity index (χ3v) is 5.40. The fourth-order valence-electron chi connectivity index (χ4n) is 2.03. The molecule has 0 aromatic carbocycles. The maximum Gasteiger partial charge on any atom is 0.269 e. The number of anilines is 1. The van der Waals surface area contributed by atoms with Crippen LogP contribution in [0.3, 0.4) is 0 Å². The Morgan fingerprint density at radius 3 is 2.76 bits per heavy atom. The van der Waals surface area contributed by atoms with Crippen LogP contribution in [-0.2, 0) is 6.42 Å². The largest absolute Gasteiger partial charge is 0.296 e. The predicted octanol–water partition coefficient (Wildman–Crippen LogP) is 3.63. The number of nitrogens with zero attached hydrogens (tertiary/aromatic N) is 3. The van der Waals surface area contributed by atoms with Gasteiger partial charge < -0.3 is 0 Å². The van der Waals surface area contributed by atoms with E-state index in [4.69, 9.17) is 0 Å². The van der Waals surface area contributed by atoms with Gasteiger partial charge in [-0.15, -0.1) is 21.5 Å². The normalized spacial score (nSPS) is 14.7. The maximum absolute atomic E-state index is 12.3. The molecule has 21 heavy (non-hydrogen) atoms. The van der Waals surface area contributed by atoms with Crippen molar-refractivity contribution in [2.45, 2.75) is 46.0 Å². The summed E-state index contributed by atoms with van der Waals surface area (Å²) in [6.45, 7) is 6.18. The van der Waals surface area contributed by atoms with E-state index in [0.29, 0.717) is 21.8 Å². The van der Waals surface area contributed by atoms with Crippen LogP contribution < -0.4 is 5.32 Å². The first-order valence-electron chi connectivity index (χ1n) is 7.14. The number of amides is 1. The number of rotatable bonds is 5. The van der Waals surface area contributed by atoms with E-state index in [0.717, 1.165) is 22.1 Å². The molecule has 2 aromatic heterocycles. The minimum absolute atomic E-state index is 0.126. The minimum Gasteiger partial charge on any atom is -0.296 e. The maximum atomic E-state index is 12.3. The second kappa shape index (κ2) is 5.81. The van der Waals surface area contributed by atoms with Crippen LogP contribution in [0.5, 0.6) is 0 Å². The van der Waals surface area contributed by atoms with Crippen LogP contribution in [0.2, 0.25) is 0 Å². The molecular weight excluding hydrogens is 304 g/mol. The Kier molecular flexibility index (Phi) is 4.03. The van der Waals surface area contributed by atoms with Gasteiger partial charge in [0.15, 0.2) is 0 Å². The van der Waals surface area contributed by atoms with Crippen LogP contribution in [0.1, 0.15) is 58.0 Å². The van der Waals surface area contributed by atoms with Gasteiger partial charge in [0.05, 0.1) is 10.7 Å². The first-order chi connectivity index (χ1) is 10.0. The van der Waals surface area contributed by atoms with E-state index in [1.165, 1.54) is 35.5 Å². The fraction of sp³-hybridized carbons (Fsp3) is 0.571. The number of hydrogen-bond acceptors (Lipinski definition) is 6. The molecule has 0 aliphatic heterocycles. The Bertz CT molecular complexity index is 658. The molecule has 0 unspecified atom stereocenters. The molecule has 1 aliphatic rings. The quantitative estimate of drug-likeness (QED) is 0.912. The van der Waals surface area contributed by atoms with Crippen LogP contribution in [-0.4, -0.2) is 21.1 Å². The standard InChI is InChI=1S/C14H18N4OS2/c1-7(2)6-10-15-8(3)11(20-10)12(19)16-14-18-17-13(21-14)9-4-5-9/h7,9H,4-6H2,1-3H3,(H,16,18,19). The lowest BCUT2D eigenvalue weighted by atomic mass is 10.1. The molecular formula is C14H18N4OS2. The molecule has 1 saturated carbocycles. The highest BCUT2D eigenvalue weighted by Crippen LogP contribution is 2.42. The van der Waals surface area contributed by atoms with Gasteiger partial charge in [-0.05, 0) is 25.7 Å². The summed E-state index contributed by atoms with van der Waals surface area (Å²) < 4.78 is 0. The average Bonchev–Trinajstić information content (AvgIpc) is 3.05. The number of aromatic nitrogens is 3. The van der Waals surface area contributed by atoms with Crippen molar-refractivity contribution in [1.29, 1.82) is 0 Å². The summed E-state index contributed by atoms with van der Waals surface area (Å²) in [7, 11) is 0. The van der Waals surface area contributed by atoms with Crippen molar-refractivity contribution in [3.63, 3.8) is 0 Å². The molecule has 0 bridgehead atoms. The van der Waals surface area contributed by atoms with Gasteiger partial charge in [0.1, 0.15) is 9.88 Å². The number of hydrogen-bond donors (Lipinski definition) is 1. The third kappa shape index (κ3) is 3.47. The SMILES string of the molecule is Cc1nc(CC(C)C)sc1C(=O)Nc1nnc(C2CC2)s1. The zero-order valence-corrected chi connectivity index (χ0v) is 14.0. The van der Waals surface area contributed by atoms with E-state index in [1.54, 1.807) is 0 Å². The fourth-order valence-corrected chi connectivity index (χ4v) is 4.11. The average molecular weight is 322 g/mol. The van der Waals surface area contributed by atoms with Crippen LogP contribution >= 0.6 is 22.7 Å². The van der Waals surface area contributed by atoms with Crippen LogP contribution in [0.25, 0.3) is 0 Å². The summed E-state index contributed by atoms with van der Waals surface area (Å²) in [5, 5.41) is 13.7. The Balaban J connectivity index is 1.70. The minimum atomic E-state index is -0.126. The molecule has 2 aromatic rings. The molecule has 5 nitrogen and oxygen atoms in total. The number of carbonyl (C=O) groups is 1. The number of thiazole rings is 1. The summed E-state index contributed by atoms with van der Waals surface area (Å²) in [6.07, 6.45) is 3.29. The van der Waals surface area contributed by atoms with Crippen molar-refractivity contribution in [1.82, 2.24) is 15.2 Å². The summed E-state index contributed by atoms with van der Waals surface area (Å²) >= 11 is 2.95. The summed E-state index contributed by atoms with van der Waals surface area (Å²) in [6, 6.07) is 0. The molecule has 112 valence electrons. The van der Waals surface area contributed by atoms with Gasteiger partial charge in [-0.1, -0.05) is 25.2 Å². The van der Waals surface area contributed by atoms with E-state index < -0.39 is 0 Å². The van der Waals surface area contributed by atoms with Gasteiger partial charge in [0.2, 0.25) is 5.13 Å². The van der Waals surface area contributed by atoms with Gasteiger partial charge in [-0.3, -0.25) is 10.1 Å². The number of nitrogens with one attached hydrogen (secondary N) is 1. The first kappa shape index (κ1) is 14.6. The zero-order chi connectivity index (χ0) is 15.0. The highest BCUT2D eigenvalue weighted by Gasteiger charge is 2.28. The monoisotopic (exact) mass is 322 g/mol. The summed E-state index contributed by atoms with van der Waals surface area (Å²) in [5.41, 5.74) is 0.792. The van der Waals surface area contributed by atoms with Crippen molar-refractivity contribution in [2.24, 2.45) is 5.92 Å². The molecule has 1 aliphatic carbocycles. The van der Waals surface area contributed by atoms with Crippen molar-refractivity contribution in [3.05, 3.63) is 20.6 Å². The lowest BCUT2D eigenvalue weighted by Gasteiger charge is -1.99. The van der Waals surface area contributed by atoms with Crippen LogP contribution in [0.4, 0.5) is 5.13 Å². The van der Waals surface area contributed by atoms with E-state index in [2.05, 4.69) is 34.3 Å². The molecule has 0 atom stereocenters. The second-order valence-corrected chi connectivity index (χ2v) is 7.89. The van der Waals surface area contributed by atoms with Crippen molar-refractivity contribution >= 4 is 33.7 Å². The topological polar surface area (TPSA) is 67.8 Å². The lowest BCUT2D eigenvalue weighted by Crippen LogP contribution is -2.11. The zero-order valence-electron chi connectivity index (χ0n) is 12.3. The van der Waals surface area contributed by atoms with Gasteiger partial charge >= 0.3 is 0 Å². The van der Waals surface area contributed by atoms with Crippen LogP contribution in [0.15, 0.2) is 0 Å². The molecule has 1 N–H and O–H groups in total. The van der Waals surface area contributed by atoms with E-state index in [-0.39, 0.29) is 5.91 Å². The molecule has 0 radical (unpaired) electrons. The molecule has 7 heteroatoms. The Labute approximate surface area is 131 Å². The lowest BCUT2D eigenvalue weighted by molar-refractivity contribution is 0.102. The molecule has 1 amide bonds. The predicted molar refractivity (Wildman–Crippen MR) is 85.2 cm³/mol. The molecule has 3 rings (SSSR count). The van der Waals surface area contributed by atoms with Crippen molar-refractivity contribution in [3.8, 4) is 0 Å². The highest BCUT2D eigenvalue weighted by molar-refractivity contribution is 7.16. The third-order valence-electron chi connectivity index (χ3n) is 3.22. The van der Waals surface area contributed by atoms with E-state index in [9.17, 15) is 4.79 Å². The molecule has 1 fully saturated rings. The number of aryl methyl sites for hydroxylation is 1. The Hall–Kier alpha value is -1.34. The van der Waals surface area contributed by atoms with Gasteiger partial charge in [-0.25, -0.2) is 4.98 Å². The molecule has 0 saturated heterocycles. The van der Waals surface area contributed by atoms with Crippen molar-refractivity contribution < 1.29 is 4.79 Å². The van der Waals surface area contributed by atoms with Gasteiger partial charge in [0, 0.05) is 12.3 Å². The Morgan fingerprint density at radius 1 is 1.33 bits per heavy atom. The molecule has 0 spiro atoms. The van der Waals surface area contributed by atoms with Crippen molar-refractivity contribution in [2.75, 3.05) is 5.32 Å². The molecule has 2 heterocycles. The highest BCUT2D eigenvalue weighted by atomic mass is 32.1. The first-order valence-corrected chi connectivity index (χ1v) is 8.77. The second-order valence-electron chi connectivity index (χ2n) is 5.79.